The zero-order valence-corrected chi connectivity index (χ0v) is 8.66. The molecule has 0 atom stereocenters. The number of methoxy groups -OCH3 is 1. The number of hydrogen-bond donors (Lipinski definition) is 1. The highest BCUT2D eigenvalue weighted by molar-refractivity contribution is 5.55. The number of rotatable bonds is 4. The summed E-state index contributed by atoms with van der Waals surface area (Å²) < 4.78 is 5.01. The van der Waals surface area contributed by atoms with Gasteiger partial charge in [-0.2, -0.15) is 0 Å². The lowest BCUT2D eigenvalue weighted by molar-refractivity contribution is 0.373. The maximum absolute atomic E-state index is 9.36. The number of phenolic OH excluding ortho intramolecular Hbond substituents is 1. The largest absolute Gasteiger partial charge is 0.504 e. The van der Waals surface area contributed by atoms with Gasteiger partial charge in [-0.3, -0.25) is 0 Å². The van der Waals surface area contributed by atoms with E-state index in [0.29, 0.717) is 5.75 Å². The van der Waals surface area contributed by atoms with Crippen molar-refractivity contribution in [3.8, 4) is 11.5 Å². The Morgan fingerprint density at radius 2 is 2.21 bits per heavy atom. The second kappa shape index (κ2) is 5.32. The summed E-state index contributed by atoms with van der Waals surface area (Å²) in [5.74, 6) is 0.698. The van der Waals surface area contributed by atoms with E-state index in [-0.39, 0.29) is 5.75 Å². The maximum Gasteiger partial charge on any atom is 0.161 e. The molecule has 0 aliphatic heterocycles. The van der Waals surface area contributed by atoms with Gasteiger partial charge in [0.2, 0.25) is 0 Å². The molecule has 0 saturated carbocycles. The van der Waals surface area contributed by atoms with Crippen molar-refractivity contribution >= 4 is 6.08 Å². The van der Waals surface area contributed by atoms with Crippen LogP contribution in [0, 0.1) is 0 Å². The number of allylic oxidation sites excluding steroid dienone is 1. The Balaban J connectivity index is 2.79. The molecule has 0 amide bonds. The average molecular weight is 192 g/mol. The van der Waals surface area contributed by atoms with E-state index >= 15 is 0 Å². The molecule has 0 aromatic heterocycles. The van der Waals surface area contributed by atoms with Crippen molar-refractivity contribution in [2.45, 2.75) is 19.8 Å². The Morgan fingerprint density at radius 3 is 2.86 bits per heavy atom. The van der Waals surface area contributed by atoms with Gasteiger partial charge in [0.05, 0.1) is 7.11 Å². The SMILES string of the molecule is CCC/C=C/c1ccc(O)c(OC)c1. The number of unbranched alkanes of at least 4 members (excludes halogenated alkanes) is 1. The standard InChI is InChI=1S/C12H16O2/c1-3-4-5-6-10-7-8-11(13)12(9-10)14-2/h5-9,13H,3-4H2,1-2H3/b6-5+. The summed E-state index contributed by atoms with van der Waals surface area (Å²) in [5, 5.41) is 9.36. The van der Waals surface area contributed by atoms with Gasteiger partial charge >= 0.3 is 0 Å². The molecule has 0 unspecified atom stereocenters. The summed E-state index contributed by atoms with van der Waals surface area (Å²) in [4.78, 5) is 0. The van der Waals surface area contributed by atoms with Crippen molar-refractivity contribution in [2.24, 2.45) is 0 Å². The zero-order chi connectivity index (χ0) is 10.4. The van der Waals surface area contributed by atoms with E-state index in [4.69, 9.17) is 4.74 Å². The Labute approximate surface area is 84.8 Å². The summed E-state index contributed by atoms with van der Waals surface area (Å²) in [6, 6.07) is 5.33. The zero-order valence-electron chi connectivity index (χ0n) is 8.66. The molecule has 0 fully saturated rings. The van der Waals surface area contributed by atoms with Gasteiger partial charge in [0, 0.05) is 0 Å². The van der Waals surface area contributed by atoms with Crippen LogP contribution < -0.4 is 4.74 Å². The van der Waals surface area contributed by atoms with E-state index in [2.05, 4.69) is 13.0 Å². The Morgan fingerprint density at radius 1 is 1.43 bits per heavy atom. The van der Waals surface area contributed by atoms with Crippen LogP contribution in [-0.4, -0.2) is 12.2 Å². The summed E-state index contributed by atoms with van der Waals surface area (Å²) >= 11 is 0. The van der Waals surface area contributed by atoms with E-state index in [9.17, 15) is 5.11 Å². The highest BCUT2D eigenvalue weighted by atomic mass is 16.5. The predicted octanol–water partition coefficient (Wildman–Crippen LogP) is 3.21. The van der Waals surface area contributed by atoms with E-state index in [1.165, 1.54) is 0 Å². The monoisotopic (exact) mass is 192 g/mol. The molecule has 14 heavy (non-hydrogen) atoms. The molecule has 2 heteroatoms. The Bertz CT molecular complexity index is 316. The first kappa shape index (κ1) is 10.6. The molecular weight excluding hydrogens is 176 g/mol. The number of phenols is 1. The lowest BCUT2D eigenvalue weighted by Gasteiger charge is -2.03. The van der Waals surface area contributed by atoms with Crippen molar-refractivity contribution in [3.05, 3.63) is 29.8 Å². The first-order valence-corrected chi connectivity index (χ1v) is 4.81. The molecule has 2 nitrogen and oxygen atoms in total. The Kier molecular flexibility index (Phi) is 4.05. The van der Waals surface area contributed by atoms with E-state index in [1.807, 2.05) is 18.2 Å². The van der Waals surface area contributed by atoms with Crippen molar-refractivity contribution in [3.63, 3.8) is 0 Å². The molecule has 1 N–H and O–H groups in total. The third kappa shape index (κ3) is 2.80. The third-order valence-electron chi connectivity index (χ3n) is 1.97. The van der Waals surface area contributed by atoms with Gasteiger partial charge in [-0.25, -0.2) is 0 Å². The van der Waals surface area contributed by atoms with Crippen molar-refractivity contribution in [2.75, 3.05) is 7.11 Å². The predicted molar refractivity (Wildman–Crippen MR) is 58.6 cm³/mol. The van der Waals surface area contributed by atoms with Crippen LogP contribution in [0.15, 0.2) is 24.3 Å². The van der Waals surface area contributed by atoms with Crippen molar-refractivity contribution < 1.29 is 9.84 Å². The number of ether oxygens (including phenoxy) is 1. The summed E-state index contributed by atoms with van der Waals surface area (Å²) in [5.41, 5.74) is 1.05. The summed E-state index contributed by atoms with van der Waals surface area (Å²) in [7, 11) is 1.55. The maximum atomic E-state index is 9.36. The van der Waals surface area contributed by atoms with Gasteiger partial charge < -0.3 is 9.84 Å². The molecule has 0 saturated heterocycles. The molecule has 76 valence electrons. The van der Waals surface area contributed by atoms with Crippen LogP contribution >= 0.6 is 0 Å². The fourth-order valence-electron chi connectivity index (χ4n) is 1.18. The van der Waals surface area contributed by atoms with Crippen molar-refractivity contribution in [1.29, 1.82) is 0 Å². The summed E-state index contributed by atoms with van der Waals surface area (Å²) in [6.07, 6.45) is 6.37. The van der Waals surface area contributed by atoms with Crippen LogP contribution in [0.2, 0.25) is 0 Å². The summed E-state index contributed by atoms with van der Waals surface area (Å²) in [6.45, 7) is 2.14. The lowest BCUT2D eigenvalue weighted by atomic mass is 10.1. The first-order valence-electron chi connectivity index (χ1n) is 4.81. The molecular formula is C12H16O2. The van der Waals surface area contributed by atoms with Gasteiger partial charge in [0.1, 0.15) is 0 Å². The average Bonchev–Trinajstić information content (AvgIpc) is 2.21. The van der Waals surface area contributed by atoms with Crippen LogP contribution in [0.25, 0.3) is 6.08 Å². The van der Waals surface area contributed by atoms with Gasteiger partial charge in [-0.15, -0.1) is 0 Å². The molecule has 1 rings (SSSR count). The number of aromatic hydroxyl groups is 1. The second-order valence-corrected chi connectivity index (χ2v) is 3.12. The molecule has 0 spiro atoms. The minimum Gasteiger partial charge on any atom is -0.504 e. The normalized spacial score (nSPS) is 10.7. The minimum atomic E-state index is 0.181. The fourth-order valence-corrected chi connectivity index (χ4v) is 1.18. The first-order chi connectivity index (χ1) is 6.77. The van der Waals surface area contributed by atoms with E-state index in [0.717, 1.165) is 18.4 Å². The molecule has 1 aromatic rings. The van der Waals surface area contributed by atoms with Crippen LogP contribution in [0.5, 0.6) is 11.5 Å². The fraction of sp³-hybridized carbons (Fsp3) is 0.333. The smallest absolute Gasteiger partial charge is 0.161 e. The quantitative estimate of drug-likeness (QED) is 0.793. The van der Waals surface area contributed by atoms with E-state index < -0.39 is 0 Å². The van der Waals surface area contributed by atoms with Gasteiger partial charge in [0.15, 0.2) is 11.5 Å². The lowest BCUT2D eigenvalue weighted by Crippen LogP contribution is -1.84. The molecule has 0 bridgehead atoms. The minimum absolute atomic E-state index is 0.181. The number of hydrogen-bond acceptors (Lipinski definition) is 2. The molecule has 0 aliphatic carbocycles. The molecule has 0 radical (unpaired) electrons. The second-order valence-electron chi connectivity index (χ2n) is 3.12. The van der Waals surface area contributed by atoms with Gasteiger partial charge in [0.25, 0.3) is 0 Å². The Hall–Kier alpha value is -1.44. The highest BCUT2D eigenvalue weighted by Gasteiger charge is 1.99. The van der Waals surface area contributed by atoms with Crippen molar-refractivity contribution in [1.82, 2.24) is 0 Å². The molecule has 1 aromatic carbocycles. The van der Waals surface area contributed by atoms with Crippen LogP contribution in [-0.2, 0) is 0 Å². The van der Waals surface area contributed by atoms with Crippen LogP contribution in [0.3, 0.4) is 0 Å². The van der Waals surface area contributed by atoms with Crippen LogP contribution in [0.4, 0.5) is 0 Å². The van der Waals surface area contributed by atoms with E-state index in [1.54, 1.807) is 13.2 Å². The van der Waals surface area contributed by atoms with Crippen LogP contribution in [0.1, 0.15) is 25.3 Å². The highest BCUT2D eigenvalue weighted by Crippen LogP contribution is 2.26. The third-order valence-corrected chi connectivity index (χ3v) is 1.97. The van der Waals surface area contributed by atoms with Gasteiger partial charge in [-0.1, -0.05) is 31.6 Å². The number of benzene rings is 1. The topological polar surface area (TPSA) is 29.5 Å². The van der Waals surface area contributed by atoms with Gasteiger partial charge in [-0.05, 0) is 24.1 Å². The molecule has 0 heterocycles. The molecule has 0 aliphatic rings.